The molecular weight excluding hydrogens is 467 g/mol. The van der Waals surface area contributed by atoms with Crippen molar-refractivity contribution in [2.45, 2.75) is 38.8 Å². The fourth-order valence-electron chi connectivity index (χ4n) is 3.55. The van der Waals surface area contributed by atoms with Gasteiger partial charge in [-0.15, -0.1) is 0 Å². The molecule has 1 saturated heterocycles. The van der Waals surface area contributed by atoms with Crippen LogP contribution in [-0.2, 0) is 6.54 Å². The van der Waals surface area contributed by atoms with Crippen molar-refractivity contribution >= 4 is 34.2 Å². The van der Waals surface area contributed by atoms with E-state index in [0.717, 1.165) is 22.3 Å². The highest BCUT2D eigenvalue weighted by molar-refractivity contribution is 14.1. The summed E-state index contributed by atoms with van der Waals surface area (Å²) >= 11 is 2.14. The van der Waals surface area contributed by atoms with E-state index < -0.39 is 0 Å². The quantitative estimate of drug-likeness (QED) is 0.579. The highest BCUT2D eigenvalue weighted by Gasteiger charge is 2.18. The number of ether oxygens (including phenoxy) is 2. The third kappa shape index (κ3) is 4.97. The summed E-state index contributed by atoms with van der Waals surface area (Å²) in [4.78, 5) is 15.3. The third-order valence-electron chi connectivity index (χ3n) is 5.26. The van der Waals surface area contributed by atoms with Crippen LogP contribution in [0, 0.1) is 3.57 Å². The average Bonchev–Trinajstić information content (AvgIpc) is 2.70. The van der Waals surface area contributed by atoms with Crippen LogP contribution in [0.3, 0.4) is 0 Å². The topological polar surface area (TPSA) is 50.8 Å². The number of piperidine rings is 1. The monoisotopic (exact) mass is 494 g/mol. The van der Waals surface area contributed by atoms with Gasteiger partial charge in [0.25, 0.3) is 5.91 Å². The Morgan fingerprint density at radius 3 is 2.46 bits per heavy atom. The van der Waals surface area contributed by atoms with E-state index in [2.05, 4.69) is 51.9 Å². The summed E-state index contributed by atoms with van der Waals surface area (Å²) < 4.78 is 11.4. The number of hydrogen-bond acceptors (Lipinski definition) is 4. The minimum absolute atomic E-state index is 0.164. The summed E-state index contributed by atoms with van der Waals surface area (Å²) in [5, 5.41) is 2.97. The lowest BCUT2D eigenvalue weighted by Crippen LogP contribution is -2.36. The first-order chi connectivity index (χ1) is 13.5. The lowest BCUT2D eigenvalue weighted by atomic mass is 10.0. The second kappa shape index (κ2) is 9.60. The van der Waals surface area contributed by atoms with E-state index in [-0.39, 0.29) is 5.91 Å². The maximum atomic E-state index is 12.7. The number of hydrogen-bond donors (Lipinski definition) is 1. The van der Waals surface area contributed by atoms with E-state index in [1.165, 1.54) is 24.8 Å². The SMILES string of the molecule is COc1cc(I)c(C(=O)Nc2ccc(CN3CCCCC3C)cc2)cc1OC. The zero-order valence-electron chi connectivity index (χ0n) is 16.6. The Kier molecular flexibility index (Phi) is 7.18. The van der Waals surface area contributed by atoms with Crippen LogP contribution in [0.5, 0.6) is 11.5 Å². The van der Waals surface area contributed by atoms with Crippen LogP contribution in [0.1, 0.15) is 42.1 Å². The summed E-state index contributed by atoms with van der Waals surface area (Å²) in [7, 11) is 3.15. The molecule has 2 aromatic rings. The largest absolute Gasteiger partial charge is 0.493 e. The molecule has 0 aromatic heterocycles. The number of methoxy groups -OCH3 is 2. The van der Waals surface area contributed by atoms with Crippen molar-refractivity contribution in [3.05, 3.63) is 51.1 Å². The molecular formula is C22H27IN2O3. The molecule has 1 fully saturated rings. The first-order valence-corrected chi connectivity index (χ1v) is 10.7. The Hall–Kier alpha value is -1.80. The molecule has 0 radical (unpaired) electrons. The summed E-state index contributed by atoms with van der Waals surface area (Å²) in [6.07, 6.45) is 3.89. The zero-order valence-corrected chi connectivity index (χ0v) is 18.8. The number of amides is 1. The molecule has 0 saturated carbocycles. The molecule has 150 valence electrons. The van der Waals surface area contributed by atoms with Gasteiger partial charge in [-0.05, 0) is 78.7 Å². The van der Waals surface area contributed by atoms with Crippen molar-refractivity contribution in [1.29, 1.82) is 0 Å². The lowest BCUT2D eigenvalue weighted by Gasteiger charge is -2.33. The van der Waals surface area contributed by atoms with E-state index in [0.29, 0.717) is 23.1 Å². The van der Waals surface area contributed by atoms with E-state index in [9.17, 15) is 4.79 Å². The number of anilines is 1. The number of rotatable bonds is 6. The molecule has 1 aliphatic rings. The molecule has 3 rings (SSSR count). The van der Waals surface area contributed by atoms with E-state index >= 15 is 0 Å². The Labute approximate surface area is 180 Å². The average molecular weight is 494 g/mol. The molecule has 6 heteroatoms. The fourth-order valence-corrected chi connectivity index (χ4v) is 4.23. The van der Waals surface area contributed by atoms with Gasteiger partial charge in [0.2, 0.25) is 0 Å². The predicted octanol–water partition coefficient (Wildman–Crippen LogP) is 4.94. The molecule has 1 aliphatic heterocycles. The lowest BCUT2D eigenvalue weighted by molar-refractivity contribution is 0.102. The summed E-state index contributed by atoms with van der Waals surface area (Å²) in [6, 6.07) is 12.3. The van der Waals surface area contributed by atoms with Gasteiger partial charge < -0.3 is 14.8 Å². The molecule has 1 amide bonds. The maximum Gasteiger partial charge on any atom is 0.256 e. The second-order valence-electron chi connectivity index (χ2n) is 7.15. The van der Waals surface area contributed by atoms with Crippen LogP contribution in [0.15, 0.2) is 36.4 Å². The Balaban J connectivity index is 1.67. The fraction of sp³-hybridized carbons (Fsp3) is 0.409. The van der Waals surface area contributed by atoms with Crippen molar-refractivity contribution in [3.63, 3.8) is 0 Å². The predicted molar refractivity (Wildman–Crippen MR) is 120 cm³/mol. The van der Waals surface area contributed by atoms with Crippen molar-refractivity contribution in [2.75, 3.05) is 26.1 Å². The molecule has 1 heterocycles. The van der Waals surface area contributed by atoms with Crippen LogP contribution in [0.4, 0.5) is 5.69 Å². The number of likely N-dealkylation sites (tertiary alicyclic amines) is 1. The maximum absolute atomic E-state index is 12.7. The van der Waals surface area contributed by atoms with Gasteiger partial charge in [-0.1, -0.05) is 18.6 Å². The minimum Gasteiger partial charge on any atom is -0.493 e. The van der Waals surface area contributed by atoms with Crippen LogP contribution < -0.4 is 14.8 Å². The van der Waals surface area contributed by atoms with E-state index in [1.54, 1.807) is 26.4 Å². The van der Waals surface area contributed by atoms with E-state index in [4.69, 9.17) is 9.47 Å². The van der Waals surface area contributed by atoms with Gasteiger partial charge in [-0.25, -0.2) is 0 Å². The van der Waals surface area contributed by atoms with Crippen LogP contribution in [0.25, 0.3) is 0 Å². The Morgan fingerprint density at radius 1 is 1.14 bits per heavy atom. The molecule has 5 nitrogen and oxygen atoms in total. The van der Waals surface area contributed by atoms with Crippen LogP contribution >= 0.6 is 22.6 Å². The summed E-state index contributed by atoms with van der Waals surface area (Å²) in [5.74, 6) is 0.988. The highest BCUT2D eigenvalue weighted by atomic mass is 127. The molecule has 0 bridgehead atoms. The molecule has 0 spiro atoms. The second-order valence-corrected chi connectivity index (χ2v) is 8.32. The van der Waals surface area contributed by atoms with Gasteiger partial charge in [0.05, 0.1) is 19.8 Å². The van der Waals surface area contributed by atoms with Gasteiger partial charge in [-0.2, -0.15) is 0 Å². The van der Waals surface area contributed by atoms with Gasteiger partial charge >= 0.3 is 0 Å². The van der Waals surface area contributed by atoms with Gasteiger partial charge in [0.1, 0.15) is 0 Å². The minimum atomic E-state index is -0.164. The first kappa shape index (κ1) is 20.9. The summed E-state index contributed by atoms with van der Waals surface area (Å²) in [6.45, 7) is 4.43. The van der Waals surface area contributed by atoms with Crippen molar-refractivity contribution in [2.24, 2.45) is 0 Å². The van der Waals surface area contributed by atoms with Crippen LogP contribution in [0.2, 0.25) is 0 Å². The highest BCUT2D eigenvalue weighted by Crippen LogP contribution is 2.31. The number of carbonyl (C=O) groups excluding carboxylic acids is 1. The number of benzene rings is 2. The van der Waals surface area contributed by atoms with Gasteiger partial charge in [-0.3, -0.25) is 9.69 Å². The molecule has 1 unspecified atom stereocenters. The smallest absolute Gasteiger partial charge is 0.256 e. The number of carbonyl (C=O) groups is 1. The van der Waals surface area contributed by atoms with Crippen LogP contribution in [-0.4, -0.2) is 37.6 Å². The molecule has 2 aromatic carbocycles. The third-order valence-corrected chi connectivity index (χ3v) is 6.15. The molecule has 0 aliphatic carbocycles. The van der Waals surface area contributed by atoms with E-state index in [1.807, 2.05) is 12.1 Å². The Morgan fingerprint density at radius 2 is 1.82 bits per heavy atom. The number of halogens is 1. The number of nitrogens with zero attached hydrogens (tertiary/aromatic N) is 1. The van der Waals surface area contributed by atoms with Crippen molar-refractivity contribution in [3.8, 4) is 11.5 Å². The van der Waals surface area contributed by atoms with Crippen molar-refractivity contribution in [1.82, 2.24) is 4.90 Å². The molecule has 1 atom stereocenters. The Bertz CT molecular complexity index is 823. The number of nitrogens with one attached hydrogen (secondary N) is 1. The zero-order chi connectivity index (χ0) is 20.1. The molecule has 28 heavy (non-hydrogen) atoms. The molecule has 1 N–H and O–H groups in total. The first-order valence-electron chi connectivity index (χ1n) is 9.57. The van der Waals surface area contributed by atoms with Crippen molar-refractivity contribution < 1.29 is 14.3 Å². The normalized spacial score (nSPS) is 17.2. The van der Waals surface area contributed by atoms with Gasteiger partial charge in [0, 0.05) is 21.8 Å². The summed E-state index contributed by atoms with van der Waals surface area (Å²) in [5.41, 5.74) is 2.61. The standard InChI is InChI=1S/C22H27IN2O3/c1-15-6-4-5-11-25(15)14-16-7-9-17(10-8-16)24-22(26)18-12-20(27-2)21(28-3)13-19(18)23/h7-10,12-13,15H,4-6,11,14H2,1-3H3,(H,24,26). The van der Waals surface area contributed by atoms with Gasteiger partial charge in [0.15, 0.2) is 11.5 Å².